The molecule has 0 aliphatic carbocycles. The number of hydrogen-bond donors (Lipinski definition) is 0. The molecule has 2 amide bonds. The highest BCUT2D eigenvalue weighted by Crippen LogP contribution is 2.41. The number of amides is 2. The maximum Gasteiger partial charge on any atom is 0.417 e. The lowest BCUT2D eigenvalue weighted by Crippen LogP contribution is -2.46. The lowest BCUT2D eigenvalue weighted by atomic mass is 9.90. The predicted octanol–water partition coefficient (Wildman–Crippen LogP) is 2.90. The second kappa shape index (κ2) is 4.44. The summed E-state index contributed by atoms with van der Waals surface area (Å²) >= 11 is 0. The lowest BCUT2D eigenvalue weighted by molar-refractivity contribution is -0.131. The Morgan fingerprint density at radius 1 is 1.33 bits per heavy atom. The van der Waals surface area contributed by atoms with Crippen molar-refractivity contribution in [1.82, 2.24) is 4.90 Å². The van der Waals surface area contributed by atoms with E-state index in [-0.39, 0.29) is 5.91 Å². The van der Waals surface area contributed by atoms with E-state index in [1.165, 1.54) is 4.90 Å². The Morgan fingerprint density at radius 3 is 2.50 bits per heavy atom. The molecule has 0 bridgehead atoms. The molecule has 1 heterocycles. The molecule has 1 aliphatic rings. The van der Waals surface area contributed by atoms with Gasteiger partial charge in [0, 0.05) is 6.42 Å². The van der Waals surface area contributed by atoms with E-state index in [0.29, 0.717) is 6.42 Å². The largest absolute Gasteiger partial charge is 0.438 e. The van der Waals surface area contributed by atoms with Crippen LogP contribution in [0, 0.1) is 0 Å². The minimum atomic E-state index is -0.661. The molecule has 4 nitrogen and oxygen atoms in total. The second-order valence-electron chi connectivity index (χ2n) is 4.91. The summed E-state index contributed by atoms with van der Waals surface area (Å²) in [6, 6.07) is 9.49. The number of benzene rings is 1. The number of cyclic esters (lactones) is 1. The highest BCUT2D eigenvalue weighted by molar-refractivity contribution is 5.94. The Hall–Kier alpha value is -1.84. The molecule has 1 saturated heterocycles. The van der Waals surface area contributed by atoms with Gasteiger partial charge in [0.1, 0.15) is 0 Å². The molecule has 96 valence electrons. The number of nitrogens with zero attached hydrogens (tertiary/aromatic N) is 1. The van der Waals surface area contributed by atoms with Crippen LogP contribution in [-0.4, -0.2) is 22.4 Å². The monoisotopic (exact) mass is 247 g/mol. The molecule has 0 N–H and O–H groups in total. The first-order chi connectivity index (χ1) is 8.48. The van der Waals surface area contributed by atoms with Crippen LogP contribution in [0.25, 0.3) is 0 Å². The molecule has 1 aliphatic heterocycles. The quantitative estimate of drug-likeness (QED) is 0.807. The van der Waals surface area contributed by atoms with Gasteiger partial charge in [-0.1, -0.05) is 37.3 Å². The molecule has 4 heteroatoms. The molecule has 2 rings (SSSR count). The van der Waals surface area contributed by atoms with E-state index in [1.807, 2.05) is 44.2 Å². The van der Waals surface area contributed by atoms with Gasteiger partial charge in [-0.3, -0.25) is 4.79 Å². The van der Waals surface area contributed by atoms with Crippen LogP contribution in [0.15, 0.2) is 30.3 Å². The summed E-state index contributed by atoms with van der Waals surface area (Å²) in [5.74, 6) is -0.205. The van der Waals surface area contributed by atoms with Gasteiger partial charge in [-0.05, 0) is 19.4 Å². The molecule has 0 spiro atoms. The van der Waals surface area contributed by atoms with Crippen LogP contribution in [-0.2, 0) is 9.53 Å². The molecule has 18 heavy (non-hydrogen) atoms. The van der Waals surface area contributed by atoms with Gasteiger partial charge < -0.3 is 4.74 Å². The molecule has 0 radical (unpaired) electrons. The number of rotatable bonds is 2. The molecule has 0 saturated carbocycles. The number of carbonyl (C=O) groups excluding carboxylic acids is 2. The van der Waals surface area contributed by atoms with Crippen molar-refractivity contribution in [3.05, 3.63) is 35.9 Å². The van der Waals surface area contributed by atoms with Gasteiger partial charge in [0.2, 0.25) is 5.91 Å². The van der Waals surface area contributed by atoms with Crippen molar-refractivity contribution < 1.29 is 14.3 Å². The fourth-order valence-corrected chi connectivity index (χ4v) is 2.34. The molecule has 1 aromatic carbocycles. The van der Waals surface area contributed by atoms with Gasteiger partial charge in [-0.15, -0.1) is 0 Å². The first-order valence-corrected chi connectivity index (χ1v) is 6.07. The summed E-state index contributed by atoms with van der Waals surface area (Å²) in [6.45, 7) is 5.44. The molecule has 0 aromatic heterocycles. The molecule has 1 atom stereocenters. The van der Waals surface area contributed by atoms with Crippen molar-refractivity contribution in [1.29, 1.82) is 0 Å². The van der Waals surface area contributed by atoms with Gasteiger partial charge in [0.25, 0.3) is 0 Å². The maximum absolute atomic E-state index is 11.9. The summed E-state index contributed by atoms with van der Waals surface area (Å²) < 4.78 is 5.36. The molecule has 1 fully saturated rings. The van der Waals surface area contributed by atoms with E-state index in [9.17, 15) is 9.59 Å². The number of hydrogen-bond acceptors (Lipinski definition) is 3. The van der Waals surface area contributed by atoms with Crippen molar-refractivity contribution in [2.45, 2.75) is 38.8 Å². The van der Waals surface area contributed by atoms with E-state index in [4.69, 9.17) is 4.74 Å². The fourth-order valence-electron chi connectivity index (χ4n) is 2.34. The maximum atomic E-state index is 11.9. The summed E-state index contributed by atoms with van der Waals surface area (Å²) in [5.41, 5.74) is 0.244. The summed E-state index contributed by atoms with van der Waals surface area (Å²) in [7, 11) is 0. The van der Waals surface area contributed by atoms with Crippen LogP contribution in [0.5, 0.6) is 0 Å². The highest BCUT2D eigenvalue weighted by atomic mass is 16.6. The third-order valence-corrected chi connectivity index (χ3v) is 3.27. The molecule has 0 unspecified atom stereocenters. The van der Waals surface area contributed by atoms with Crippen molar-refractivity contribution in [2.75, 3.05) is 0 Å². The standard InChI is InChI=1S/C14H17NO3/c1-4-11(16)15-13(17)18-12(14(15,2)3)10-8-6-5-7-9-10/h5-9,12H,4H2,1-3H3/t12-/m1/s1. The van der Waals surface area contributed by atoms with Crippen molar-refractivity contribution >= 4 is 12.0 Å². The average molecular weight is 247 g/mol. The van der Waals surface area contributed by atoms with Crippen LogP contribution in [0.2, 0.25) is 0 Å². The smallest absolute Gasteiger partial charge is 0.417 e. The van der Waals surface area contributed by atoms with Crippen LogP contribution in [0.3, 0.4) is 0 Å². The van der Waals surface area contributed by atoms with Gasteiger partial charge in [-0.2, -0.15) is 0 Å². The fraction of sp³-hybridized carbons (Fsp3) is 0.429. The topological polar surface area (TPSA) is 46.6 Å². The molecular formula is C14H17NO3. The van der Waals surface area contributed by atoms with Crippen molar-refractivity contribution in [2.24, 2.45) is 0 Å². The predicted molar refractivity (Wildman–Crippen MR) is 66.9 cm³/mol. The Labute approximate surface area is 107 Å². The summed E-state index contributed by atoms with van der Waals surface area (Å²) in [6.07, 6.45) is -0.678. The number of imide groups is 1. The minimum Gasteiger partial charge on any atom is -0.438 e. The van der Waals surface area contributed by atoms with E-state index in [2.05, 4.69) is 0 Å². The van der Waals surface area contributed by atoms with Crippen molar-refractivity contribution in [3.8, 4) is 0 Å². The number of ether oxygens (including phenoxy) is 1. The highest BCUT2D eigenvalue weighted by Gasteiger charge is 2.51. The van der Waals surface area contributed by atoms with Crippen LogP contribution in [0.4, 0.5) is 4.79 Å². The van der Waals surface area contributed by atoms with E-state index in [1.54, 1.807) is 6.92 Å². The first-order valence-electron chi connectivity index (χ1n) is 6.07. The average Bonchev–Trinajstić information content (AvgIpc) is 2.59. The van der Waals surface area contributed by atoms with E-state index in [0.717, 1.165) is 5.56 Å². The Bertz CT molecular complexity index is 467. The third-order valence-electron chi connectivity index (χ3n) is 3.27. The van der Waals surface area contributed by atoms with Crippen LogP contribution < -0.4 is 0 Å². The van der Waals surface area contributed by atoms with Gasteiger partial charge >= 0.3 is 6.09 Å². The first kappa shape index (κ1) is 12.6. The zero-order valence-corrected chi connectivity index (χ0v) is 10.8. The SMILES string of the molecule is CCC(=O)N1C(=O)O[C@H](c2ccccc2)C1(C)C. The summed E-state index contributed by atoms with van der Waals surface area (Å²) in [5, 5.41) is 0. The normalized spacial score (nSPS) is 21.8. The minimum absolute atomic E-state index is 0.205. The second-order valence-corrected chi connectivity index (χ2v) is 4.91. The van der Waals surface area contributed by atoms with E-state index >= 15 is 0 Å². The summed E-state index contributed by atoms with van der Waals surface area (Å²) in [4.78, 5) is 24.9. The van der Waals surface area contributed by atoms with E-state index < -0.39 is 17.7 Å². The Balaban J connectivity index is 2.37. The van der Waals surface area contributed by atoms with Crippen molar-refractivity contribution in [3.63, 3.8) is 0 Å². The number of carbonyl (C=O) groups is 2. The van der Waals surface area contributed by atoms with Crippen LogP contribution in [0.1, 0.15) is 38.9 Å². The van der Waals surface area contributed by atoms with Gasteiger partial charge in [0.05, 0.1) is 5.54 Å². The zero-order valence-electron chi connectivity index (χ0n) is 10.8. The molecule has 1 aromatic rings. The zero-order chi connectivity index (χ0) is 13.3. The Kier molecular flexibility index (Phi) is 3.11. The van der Waals surface area contributed by atoms with Crippen LogP contribution >= 0.6 is 0 Å². The lowest BCUT2D eigenvalue weighted by Gasteiger charge is -2.30. The third kappa shape index (κ3) is 1.88. The van der Waals surface area contributed by atoms with Gasteiger partial charge in [0.15, 0.2) is 6.10 Å². The Morgan fingerprint density at radius 2 is 1.94 bits per heavy atom. The molecular weight excluding hydrogens is 230 g/mol. The van der Waals surface area contributed by atoms with Gasteiger partial charge in [-0.25, -0.2) is 9.69 Å².